The number of aromatic nitrogens is 4. The van der Waals surface area contributed by atoms with E-state index in [0.717, 1.165) is 47.5 Å². The maximum Gasteiger partial charge on any atom is 0.160 e. The lowest BCUT2D eigenvalue weighted by atomic mass is 10.0. The molecule has 6 heteroatoms. The fraction of sp³-hybridized carbons (Fsp3) is 0.333. The summed E-state index contributed by atoms with van der Waals surface area (Å²) in [6, 6.07) is 6.22. The van der Waals surface area contributed by atoms with Crippen LogP contribution in [0.3, 0.4) is 0 Å². The van der Waals surface area contributed by atoms with E-state index in [1.165, 1.54) is 0 Å². The number of hydrogen-bond donors (Lipinski definition) is 1. The number of nitrogens with one attached hydrogen (secondary N) is 1. The Hall–Kier alpha value is -2.76. The van der Waals surface area contributed by atoms with Crippen LogP contribution in [0.4, 0.5) is 5.82 Å². The quantitative estimate of drug-likeness (QED) is 0.800. The molecule has 0 spiro atoms. The standard InChI is InChI=1S/C18H20N6/c1-13-10-22-24-17(21-12-14-5-4-7-19-11-14)9-16(23-18(13)24)15-6-2-3-8-20-15/h4-5,7-11,15,21H,2-3,6,12H2,1H3. The number of nitrogens with zero attached hydrogens (tertiary/aromatic N) is 5. The maximum absolute atomic E-state index is 4.81. The van der Waals surface area contributed by atoms with Crippen LogP contribution >= 0.6 is 0 Å². The minimum Gasteiger partial charge on any atom is -0.366 e. The third-order valence-corrected chi connectivity index (χ3v) is 4.30. The largest absolute Gasteiger partial charge is 0.366 e. The summed E-state index contributed by atoms with van der Waals surface area (Å²) in [7, 11) is 0. The smallest absolute Gasteiger partial charge is 0.160 e. The molecule has 1 aliphatic heterocycles. The van der Waals surface area contributed by atoms with Crippen molar-refractivity contribution in [3.05, 3.63) is 53.6 Å². The molecule has 0 aromatic carbocycles. The van der Waals surface area contributed by atoms with Crippen molar-refractivity contribution in [2.24, 2.45) is 4.99 Å². The van der Waals surface area contributed by atoms with Gasteiger partial charge in [-0.15, -0.1) is 0 Å². The summed E-state index contributed by atoms with van der Waals surface area (Å²) < 4.78 is 1.86. The van der Waals surface area contributed by atoms with Crippen LogP contribution in [-0.2, 0) is 6.54 Å². The van der Waals surface area contributed by atoms with Crippen LogP contribution < -0.4 is 5.32 Å². The average molecular weight is 320 g/mol. The molecule has 0 bridgehead atoms. The zero-order chi connectivity index (χ0) is 16.4. The molecule has 4 heterocycles. The van der Waals surface area contributed by atoms with E-state index in [0.29, 0.717) is 6.54 Å². The highest BCUT2D eigenvalue weighted by molar-refractivity contribution is 5.59. The first kappa shape index (κ1) is 14.8. The van der Waals surface area contributed by atoms with Gasteiger partial charge in [0.2, 0.25) is 0 Å². The summed E-state index contributed by atoms with van der Waals surface area (Å²) in [6.45, 7) is 2.73. The first-order chi connectivity index (χ1) is 11.8. The molecule has 0 aliphatic carbocycles. The fourth-order valence-corrected chi connectivity index (χ4v) is 2.99. The van der Waals surface area contributed by atoms with E-state index in [-0.39, 0.29) is 6.04 Å². The second-order valence-corrected chi connectivity index (χ2v) is 6.12. The monoisotopic (exact) mass is 320 g/mol. The van der Waals surface area contributed by atoms with Crippen LogP contribution in [0.25, 0.3) is 5.65 Å². The molecule has 0 saturated heterocycles. The SMILES string of the molecule is Cc1cnn2c(NCc3cccnc3)cc(C3CCCC=N3)nc12. The predicted molar refractivity (Wildman–Crippen MR) is 94.4 cm³/mol. The van der Waals surface area contributed by atoms with Crippen LogP contribution in [0.1, 0.15) is 42.1 Å². The molecule has 0 radical (unpaired) electrons. The number of anilines is 1. The van der Waals surface area contributed by atoms with E-state index in [1.807, 2.05) is 36.1 Å². The molecule has 122 valence electrons. The third-order valence-electron chi connectivity index (χ3n) is 4.30. The summed E-state index contributed by atoms with van der Waals surface area (Å²) >= 11 is 0. The Kier molecular flexibility index (Phi) is 3.94. The van der Waals surface area contributed by atoms with Gasteiger partial charge in [0.1, 0.15) is 5.82 Å². The lowest BCUT2D eigenvalue weighted by Crippen LogP contribution is -2.10. The lowest BCUT2D eigenvalue weighted by molar-refractivity contribution is 0.589. The summed E-state index contributed by atoms with van der Waals surface area (Å²) in [4.78, 5) is 13.6. The average Bonchev–Trinajstić information content (AvgIpc) is 3.02. The second-order valence-electron chi connectivity index (χ2n) is 6.12. The van der Waals surface area contributed by atoms with Crippen molar-refractivity contribution < 1.29 is 0 Å². The summed E-state index contributed by atoms with van der Waals surface area (Å²) in [5, 5.41) is 7.92. The van der Waals surface area contributed by atoms with Gasteiger partial charge in [-0.3, -0.25) is 9.98 Å². The van der Waals surface area contributed by atoms with Crippen molar-refractivity contribution in [3.63, 3.8) is 0 Å². The van der Waals surface area contributed by atoms with Crippen LogP contribution in [0.5, 0.6) is 0 Å². The first-order valence-electron chi connectivity index (χ1n) is 8.31. The maximum atomic E-state index is 4.81. The molecule has 0 amide bonds. The molecule has 1 atom stereocenters. The molecule has 4 rings (SSSR count). The molecule has 1 unspecified atom stereocenters. The van der Waals surface area contributed by atoms with E-state index in [9.17, 15) is 0 Å². The number of fused-ring (bicyclic) bond motifs is 1. The van der Waals surface area contributed by atoms with Gasteiger partial charge in [-0.05, 0) is 44.0 Å². The zero-order valence-corrected chi connectivity index (χ0v) is 13.7. The van der Waals surface area contributed by atoms with E-state index < -0.39 is 0 Å². The Morgan fingerprint density at radius 1 is 1.33 bits per heavy atom. The Labute approximate surface area is 140 Å². The van der Waals surface area contributed by atoms with Gasteiger partial charge in [-0.25, -0.2) is 4.98 Å². The highest BCUT2D eigenvalue weighted by Gasteiger charge is 2.17. The van der Waals surface area contributed by atoms with Crippen molar-refractivity contribution in [1.82, 2.24) is 19.6 Å². The summed E-state index contributed by atoms with van der Waals surface area (Å²) in [5.41, 5.74) is 4.10. The zero-order valence-electron chi connectivity index (χ0n) is 13.7. The van der Waals surface area contributed by atoms with E-state index in [2.05, 4.69) is 32.5 Å². The molecular formula is C18H20N6. The highest BCUT2D eigenvalue weighted by Crippen LogP contribution is 2.28. The van der Waals surface area contributed by atoms with Gasteiger partial charge in [-0.2, -0.15) is 9.61 Å². The van der Waals surface area contributed by atoms with Gasteiger partial charge in [0.05, 0.1) is 17.9 Å². The minimum atomic E-state index is 0.150. The van der Waals surface area contributed by atoms with Gasteiger partial charge < -0.3 is 5.32 Å². The molecule has 1 N–H and O–H groups in total. The van der Waals surface area contributed by atoms with E-state index in [4.69, 9.17) is 4.98 Å². The molecule has 6 nitrogen and oxygen atoms in total. The Morgan fingerprint density at radius 2 is 2.29 bits per heavy atom. The molecule has 24 heavy (non-hydrogen) atoms. The molecule has 3 aromatic heterocycles. The number of rotatable bonds is 4. The number of aryl methyl sites for hydroxylation is 1. The fourth-order valence-electron chi connectivity index (χ4n) is 2.99. The van der Waals surface area contributed by atoms with E-state index >= 15 is 0 Å². The lowest BCUT2D eigenvalue weighted by Gasteiger charge is -2.17. The molecular weight excluding hydrogens is 300 g/mol. The highest BCUT2D eigenvalue weighted by atomic mass is 15.3. The number of aliphatic imine (C=N–C) groups is 1. The number of pyridine rings is 1. The molecule has 1 aliphatic rings. The van der Waals surface area contributed by atoms with Gasteiger partial charge in [0, 0.05) is 30.6 Å². The molecule has 0 fully saturated rings. The summed E-state index contributed by atoms with van der Waals surface area (Å²) in [5.74, 6) is 0.938. The van der Waals surface area contributed by atoms with Gasteiger partial charge in [-0.1, -0.05) is 6.07 Å². The Bertz CT molecular complexity index is 868. The van der Waals surface area contributed by atoms with Gasteiger partial charge in [0.25, 0.3) is 0 Å². The first-order valence-corrected chi connectivity index (χ1v) is 8.31. The van der Waals surface area contributed by atoms with Gasteiger partial charge in [0.15, 0.2) is 5.65 Å². The second kappa shape index (κ2) is 6.39. The van der Waals surface area contributed by atoms with E-state index in [1.54, 1.807) is 6.20 Å². The van der Waals surface area contributed by atoms with Crippen LogP contribution in [0.15, 0.2) is 41.8 Å². The number of hydrogen-bond acceptors (Lipinski definition) is 5. The Balaban J connectivity index is 1.70. The van der Waals surface area contributed by atoms with Crippen LogP contribution in [0.2, 0.25) is 0 Å². The van der Waals surface area contributed by atoms with Crippen molar-refractivity contribution in [2.45, 2.75) is 38.8 Å². The van der Waals surface area contributed by atoms with Crippen LogP contribution in [0, 0.1) is 6.92 Å². The molecule has 3 aromatic rings. The topological polar surface area (TPSA) is 67.5 Å². The minimum absolute atomic E-state index is 0.150. The third kappa shape index (κ3) is 2.87. The van der Waals surface area contributed by atoms with Crippen molar-refractivity contribution >= 4 is 17.7 Å². The predicted octanol–water partition coefficient (Wildman–Crippen LogP) is 3.34. The van der Waals surface area contributed by atoms with Crippen molar-refractivity contribution in [3.8, 4) is 0 Å². The van der Waals surface area contributed by atoms with Crippen LogP contribution in [-0.4, -0.2) is 25.8 Å². The summed E-state index contributed by atoms with van der Waals surface area (Å²) in [6.07, 6.45) is 10.8. The molecule has 0 saturated carbocycles. The normalized spacial score (nSPS) is 17.3. The van der Waals surface area contributed by atoms with Gasteiger partial charge >= 0.3 is 0 Å². The Morgan fingerprint density at radius 3 is 3.08 bits per heavy atom. The van der Waals surface area contributed by atoms with Crippen molar-refractivity contribution in [2.75, 3.05) is 5.32 Å². The van der Waals surface area contributed by atoms with Crippen molar-refractivity contribution in [1.29, 1.82) is 0 Å².